The number of alkyl halides is 3. The van der Waals surface area contributed by atoms with Gasteiger partial charge in [-0.2, -0.15) is 18.4 Å². The monoisotopic (exact) mass is 535 g/mol. The molecule has 2 aromatic carbocycles. The van der Waals surface area contributed by atoms with Gasteiger partial charge in [-0.1, -0.05) is 19.0 Å². The average Bonchev–Trinajstić information content (AvgIpc) is 2.88. The zero-order chi connectivity index (χ0) is 25.7. The third-order valence-electron chi connectivity index (χ3n) is 6.87. The second-order valence-corrected chi connectivity index (χ2v) is 9.66. The van der Waals surface area contributed by atoms with E-state index in [0.717, 1.165) is 49.5 Å². The lowest BCUT2D eigenvalue weighted by atomic mass is 10.0. The number of nitrogens with one attached hydrogen (secondary N) is 1. The van der Waals surface area contributed by atoms with E-state index in [9.17, 15) is 18.0 Å². The maximum atomic E-state index is 13.2. The molecule has 0 bridgehead atoms. The average molecular weight is 536 g/mol. The third kappa shape index (κ3) is 7.53. The summed E-state index contributed by atoms with van der Waals surface area (Å²) >= 11 is 5.97. The van der Waals surface area contributed by atoms with Gasteiger partial charge in [0, 0.05) is 74.7 Å². The quantitative estimate of drug-likeness (QED) is 0.530. The standard InChI is InChI=1S/C26H29ClF3N5O.CH4/c27-20-2-5-23(6-3-20)34-15-13-33(14-16-34)10-9-25(36)35-11-7-21(8-12-35)32-22-4-1-19(18-31)24(17-22)26(28,29)30;/h1-6,17,21,32H,7-16H2;1H4. The smallest absolute Gasteiger partial charge is 0.382 e. The van der Waals surface area contributed by atoms with Gasteiger partial charge in [0.2, 0.25) is 5.91 Å². The highest BCUT2D eigenvalue weighted by Crippen LogP contribution is 2.34. The fraction of sp³-hybridized carbons (Fsp3) is 0.481. The molecule has 1 N–H and O–H groups in total. The number of benzene rings is 2. The predicted octanol–water partition coefficient (Wildman–Crippen LogP) is 5.48. The number of likely N-dealkylation sites (tertiary alicyclic amines) is 1. The van der Waals surface area contributed by atoms with E-state index >= 15 is 0 Å². The first kappa shape index (κ1) is 28.6. The van der Waals surface area contributed by atoms with Crippen LogP contribution in [0.15, 0.2) is 42.5 Å². The van der Waals surface area contributed by atoms with Gasteiger partial charge in [-0.3, -0.25) is 9.69 Å². The summed E-state index contributed by atoms with van der Waals surface area (Å²) < 4.78 is 39.7. The molecular weight excluding hydrogens is 503 g/mol. The Bertz CT molecular complexity index is 1090. The van der Waals surface area contributed by atoms with E-state index in [1.807, 2.05) is 29.2 Å². The van der Waals surface area contributed by atoms with Crippen molar-refractivity contribution in [2.24, 2.45) is 0 Å². The number of piperazine rings is 1. The molecule has 0 aromatic heterocycles. The van der Waals surface area contributed by atoms with Crippen molar-refractivity contribution in [1.82, 2.24) is 9.80 Å². The van der Waals surface area contributed by atoms with Crippen LogP contribution in [0.2, 0.25) is 5.02 Å². The van der Waals surface area contributed by atoms with Gasteiger partial charge in [-0.25, -0.2) is 0 Å². The van der Waals surface area contributed by atoms with Gasteiger partial charge in [0.05, 0.1) is 17.2 Å². The number of piperidine rings is 1. The molecule has 0 radical (unpaired) electrons. The predicted molar refractivity (Wildman–Crippen MR) is 141 cm³/mol. The maximum Gasteiger partial charge on any atom is 0.417 e. The van der Waals surface area contributed by atoms with Crippen LogP contribution in [0, 0.1) is 11.3 Å². The Kier molecular flexibility index (Phi) is 9.68. The molecule has 1 amide bonds. The molecule has 37 heavy (non-hydrogen) atoms. The number of halogens is 4. The molecule has 0 spiro atoms. The van der Waals surface area contributed by atoms with Gasteiger partial charge < -0.3 is 15.1 Å². The van der Waals surface area contributed by atoms with Crippen molar-refractivity contribution in [3.63, 3.8) is 0 Å². The molecule has 6 nitrogen and oxygen atoms in total. The lowest BCUT2D eigenvalue weighted by Gasteiger charge is -2.37. The highest BCUT2D eigenvalue weighted by Gasteiger charge is 2.34. The van der Waals surface area contributed by atoms with E-state index in [2.05, 4.69) is 15.1 Å². The lowest BCUT2D eigenvalue weighted by molar-refractivity contribution is -0.137. The van der Waals surface area contributed by atoms with Crippen molar-refractivity contribution in [2.45, 2.75) is 38.9 Å². The SMILES string of the molecule is C.N#Cc1ccc(NC2CCN(C(=O)CCN3CCN(c4ccc(Cl)cc4)CC3)CC2)cc1C(F)(F)F. The zero-order valence-corrected chi connectivity index (χ0v) is 20.7. The van der Waals surface area contributed by atoms with Gasteiger partial charge in [0.25, 0.3) is 0 Å². The van der Waals surface area contributed by atoms with E-state index in [4.69, 9.17) is 16.9 Å². The van der Waals surface area contributed by atoms with Gasteiger partial charge in [-0.15, -0.1) is 0 Å². The Hall–Kier alpha value is -2.96. The minimum absolute atomic E-state index is 0. The second kappa shape index (κ2) is 12.5. The van der Waals surface area contributed by atoms with E-state index in [-0.39, 0.29) is 24.9 Å². The number of carbonyl (C=O) groups is 1. The molecule has 2 aromatic rings. The summed E-state index contributed by atoms with van der Waals surface area (Å²) in [5.41, 5.74) is 0.169. The second-order valence-electron chi connectivity index (χ2n) is 9.22. The summed E-state index contributed by atoms with van der Waals surface area (Å²) in [7, 11) is 0. The number of amides is 1. The van der Waals surface area contributed by atoms with Crippen LogP contribution >= 0.6 is 11.6 Å². The summed E-state index contributed by atoms with van der Waals surface area (Å²) in [5.74, 6) is 0.117. The van der Waals surface area contributed by atoms with Crippen molar-refractivity contribution >= 4 is 28.9 Å². The van der Waals surface area contributed by atoms with Gasteiger partial charge in [0.1, 0.15) is 0 Å². The Balaban J connectivity index is 0.00000380. The van der Waals surface area contributed by atoms with Gasteiger partial charge >= 0.3 is 6.18 Å². The number of nitrogens with zero attached hydrogens (tertiary/aromatic N) is 4. The molecule has 200 valence electrons. The first-order valence-electron chi connectivity index (χ1n) is 12.1. The molecule has 2 heterocycles. The van der Waals surface area contributed by atoms with Crippen molar-refractivity contribution in [2.75, 3.05) is 56.0 Å². The summed E-state index contributed by atoms with van der Waals surface area (Å²) in [5, 5.41) is 12.8. The van der Waals surface area contributed by atoms with Crippen LogP contribution in [-0.2, 0) is 11.0 Å². The maximum absolute atomic E-state index is 13.2. The number of nitriles is 1. The molecule has 2 aliphatic heterocycles. The highest BCUT2D eigenvalue weighted by molar-refractivity contribution is 6.30. The summed E-state index contributed by atoms with van der Waals surface area (Å²) in [4.78, 5) is 19.2. The molecule has 2 aliphatic rings. The fourth-order valence-electron chi connectivity index (χ4n) is 4.77. The Labute approximate surface area is 221 Å². The minimum atomic E-state index is -4.58. The van der Waals surface area contributed by atoms with Gasteiger partial charge in [0.15, 0.2) is 0 Å². The third-order valence-corrected chi connectivity index (χ3v) is 7.12. The molecule has 10 heteroatoms. The summed E-state index contributed by atoms with van der Waals surface area (Å²) in [6, 6.07) is 13.1. The Morgan fingerprint density at radius 2 is 1.68 bits per heavy atom. The summed E-state index contributed by atoms with van der Waals surface area (Å²) in [6.45, 7) is 5.46. The van der Waals surface area contributed by atoms with Crippen molar-refractivity contribution in [3.05, 3.63) is 58.6 Å². The van der Waals surface area contributed by atoms with Crippen LogP contribution in [-0.4, -0.2) is 67.6 Å². The number of hydrogen-bond acceptors (Lipinski definition) is 5. The summed E-state index contributed by atoms with van der Waals surface area (Å²) in [6.07, 6.45) is -2.80. The van der Waals surface area contributed by atoms with Crippen molar-refractivity contribution in [3.8, 4) is 6.07 Å². The largest absolute Gasteiger partial charge is 0.417 e. The van der Waals surface area contributed by atoms with E-state index in [1.165, 1.54) is 12.1 Å². The van der Waals surface area contributed by atoms with E-state index in [1.54, 1.807) is 6.07 Å². The van der Waals surface area contributed by atoms with Crippen LogP contribution in [0.25, 0.3) is 0 Å². The first-order valence-corrected chi connectivity index (χ1v) is 12.5. The van der Waals surface area contributed by atoms with Crippen LogP contribution in [0.1, 0.15) is 37.8 Å². The number of hydrogen-bond donors (Lipinski definition) is 1. The topological polar surface area (TPSA) is 62.6 Å². The molecule has 2 fully saturated rings. The van der Waals surface area contributed by atoms with Crippen molar-refractivity contribution < 1.29 is 18.0 Å². The molecular formula is C27H33ClF3N5O. The van der Waals surface area contributed by atoms with E-state index in [0.29, 0.717) is 38.0 Å². The molecule has 0 aliphatic carbocycles. The minimum Gasteiger partial charge on any atom is -0.382 e. The molecule has 0 atom stereocenters. The molecule has 4 rings (SSSR count). The Morgan fingerprint density at radius 3 is 2.27 bits per heavy atom. The number of carbonyl (C=O) groups excluding carboxylic acids is 1. The van der Waals surface area contributed by atoms with Crippen LogP contribution in [0.5, 0.6) is 0 Å². The zero-order valence-electron chi connectivity index (χ0n) is 19.9. The number of anilines is 2. The molecule has 0 unspecified atom stereocenters. The fourth-order valence-corrected chi connectivity index (χ4v) is 4.89. The first-order chi connectivity index (χ1) is 17.2. The normalized spacial score (nSPS) is 17.2. The van der Waals surface area contributed by atoms with Gasteiger partial charge in [-0.05, 0) is 55.3 Å². The van der Waals surface area contributed by atoms with Crippen LogP contribution in [0.3, 0.4) is 0 Å². The van der Waals surface area contributed by atoms with Crippen LogP contribution in [0.4, 0.5) is 24.5 Å². The van der Waals surface area contributed by atoms with E-state index < -0.39 is 11.7 Å². The highest BCUT2D eigenvalue weighted by atomic mass is 35.5. The van der Waals surface area contributed by atoms with Crippen LogP contribution < -0.4 is 10.2 Å². The Morgan fingerprint density at radius 1 is 1.03 bits per heavy atom. The van der Waals surface area contributed by atoms with Crippen molar-refractivity contribution in [1.29, 1.82) is 5.26 Å². The molecule has 0 saturated carbocycles. The lowest BCUT2D eigenvalue weighted by Crippen LogP contribution is -2.48. The number of rotatable bonds is 6. The molecule has 2 saturated heterocycles.